The second-order valence-corrected chi connectivity index (χ2v) is 20.5. The molecule has 14 heavy (non-hydrogen) atoms. The Morgan fingerprint density at radius 3 is 2.64 bits per heavy atom. The zero-order chi connectivity index (χ0) is 10.1. The summed E-state index contributed by atoms with van der Waals surface area (Å²) in [6.07, 6.45) is 8.92. The lowest BCUT2D eigenvalue weighted by Crippen LogP contribution is -2.35. The Morgan fingerprint density at radius 1 is 1.14 bits per heavy atom. The fourth-order valence-electron chi connectivity index (χ4n) is 2.25. The first kappa shape index (κ1) is 12.7. The van der Waals surface area contributed by atoms with Gasteiger partial charge in [-0.15, -0.1) is 0 Å². The lowest BCUT2D eigenvalue weighted by atomic mass is 10.1. The van der Waals surface area contributed by atoms with Gasteiger partial charge in [0.25, 0.3) is 0 Å². The lowest BCUT2D eigenvalue weighted by molar-refractivity contribution is 0.366. The molecule has 1 fully saturated rings. The summed E-state index contributed by atoms with van der Waals surface area (Å²) in [4.78, 5) is 0. The van der Waals surface area contributed by atoms with E-state index in [2.05, 4.69) is 6.92 Å². The molecule has 1 atom stereocenters. The maximum Gasteiger partial charge on any atom is 0.140 e. The highest BCUT2D eigenvalue weighted by molar-refractivity contribution is 7.35. The van der Waals surface area contributed by atoms with Crippen LogP contribution in [0, 0.1) is 0 Å². The van der Waals surface area contributed by atoms with Crippen LogP contribution in [0.15, 0.2) is 0 Å². The molecule has 0 aromatic rings. The summed E-state index contributed by atoms with van der Waals surface area (Å²) in [5.41, 5.74) is 0. The fourth-order valence-corrected chi connectivity index (χ4v) is 20.6. The maximum absolute atomic E-state index is 5.59. The Balaban J connectivity index is 1.82. The quantitative estimate of drug-likeness (QED) is 0.486. The first-order chi connectivity index (χ1) is 6.93. The van der Waals surface area contributed by atoms with E-state index in [0.717, 1.165) is 0 Å². The van der Waals surface area contributed by atoms with Crippen molar-refractivity contribution in [3.8, 4) is 0 Å². The molecule has 0 amide bonds. The maximum atomic E-state index is 5.59. The monoisotopic (exact) mass is 246 g/mol. The summed E-state index contributed by atoms with van der Waals surface area (Å²) < 4.78 is 5.59. The van der Waals surface area contributed by atoms with Crippen molar-refractivity contribution in [3.05, 3.63) is 0 Å². The zero-order valence-corrected chi connectivity index (χ0v) is 13.7. The summed E-state index contributed by atoms with van der Waals surface area (Å²) >= 11 is 0. The van der Waals surface area contributed by atoms with Crippen LogP contribution in [-0.4, -0.2) is 32.8 Å². The number of unbranched alkanes of at least 4 members (excludes halogenated alkanes) is 5. The molecule has 1 aliphatic rings. The fraction of sp³-hybridized carbons (Fsp3) is 1.00. The molecule has 0 aliphatic carbocycles. The Kier molecular flexibility index (Phi) is 8.04. The number of rotatable bonds is 7. The second-order valence-electron chi connectivity index (χ2n) is 4.61. The third-order valence-electron chi connectivity index (χ3n) is 3.31. The van der Waals surface area contributed by atoms with Crippen molar-refractivity contribution in [2.75, 3.05) is 6.61 Å². The molecule has 0 saturated carbocycles. The molecule has 84 valence electrons. The van der Waals surface area contributed by atoms with E-state index >= 15 is 0 Å². The van der Waals surface area contributed by atoms with Crippen molar-refractivity contribution in [3.63, 3.8) is 0 Å². The van der Waals surface area contributed by atoms with Crippen LogP contribution in [-0.2, 0) is 4.43 Å². The zero-order valence-electron chi connectivity index (χ0n) is 9.76. The van der Waals surface area contributed by atoms with Crippen molar-refractivity contribution in [1.29, 1.82) is 0 Å². The number of hydrogen-bond acceptors (Lipinski definition) is 1. The molecule has 1 rings (SSSR count). The van der Waals surface area contributed by atoms with Gasteiger partial charge in [0.1, 0.15) is 9.28 Å². The molecule has 0 N–H and O–H groups in total. The first-order valence-corrected chi connectivity index (χ1v) is 16.0. The predicted octanol–water partition coefficient (Wildman–Crippen LogP) is 1.27. The van der Waals surface area contributed by atoms with E-state index in [1.165, 1.54) is 38.7 Å². The summed E-state index contributed by atoms with van der Waals surface area (Å²) in [5.74, 6) is 0. The topological polar surface area (TPSA) is 9.23 Å². The average Bonchev–Trinajstić information content (AvgIpc) is 2.25. The van der Waals surface area contributed by atoms with Gasteiger partial charge in [0, 0.05) is 23.5 Å². The SMILES string of the molecule is CCCCCCCC[SiH]1CCO[SiH2][SiH2]1. The van der Waals surface area contributed by atoms with Gasteiger partial charge in [0.05, 0.1) is 0 Å². The van der Waals surface area contributed by atoms with Crippen LogP contribution in [0.2, 0.25) is 12.1 Å². The first-order valence-electron chi connectivity index (χ1n) is 6.51. The van der Waals surface area contributed by atoms with Crippen LogP contribution >= 0.6 is 0 Å². The van der Waals surface area contributed by atoms with Crippen LogP contribution in [0.25, 0.3) is 0 Å². The molecule has 1 unspecified atom stereocenters. The van der Waals surface area contributed by atoms with Gasteiger partial charge in [-0.3, -0.25) is 0 Å². The van der Waals surface area contributed by atoms with Crippen LogP contribution in [0.3, 0.4) is 0 Å². The lowest BCUT2D eigenvalue weighted by Gasteiger charge is -2.19. The highest BCUT2D eigenvalue weighted by Gasteiger charge is 2.15. The largest absolute Gasteiger partial charge is 0.428 e. The van der Waals surface area contributed by atoms with E-state index in [9.17, 15) is 0 Å². The molecule has 1 nitrogen and oxygen atoms in total. The van der Waals surface area contributed by atoms with Crippen LogP contribution < -0.4 is 0 Å². The summed E-state index contributed by atoms with van der Waals surface area (Å²) in [7, 11) is 0.439. The molecule has 0 bridgehead atoms. The summed E-state index contributed by atoms with van der Waals surface area (Å²) in [6, 6.07) is 3.24. The highest BCUT2D eigenvalue weighted by Crippen LogP contribution is 2.11. The Labute approximate surface area is 95.0 Å². The van der Waals surface area contributed by atoms with Gasteiger partial charge >= 0.3 is 0 Å². The normalized spacial score (nSPS) is 25.9. The van der Waals surface area contributed by atoms with Crippen molar-refractivity contribution < 1.29 is 4.43 Å². The minimum Gasteiger partial charge on any atom is -0.428 e. The minimum atomic E-state index is -0.109. The van der Waals surface area contributed by atoms with Gasteiger partial charge in [-0.2, -0.15) is 0 Å². The van der Waals surface area contributed by atoms with E-state index in [4.69, 9.17) is 4.43 Å². The van der Waals surface area contributed by atoms with Crippen molar-refractivity contribution in [1.82, 2.24) is 0 Å². The third-order valence-corrected chi connectivity index (χ3v) is 23.2. The molecule has 0 aromatic carbocycles. The van der Waals surface area contributed by atoms with Gasteiger partial charge in [0.2, 0.25) is 0 Å². The van der Waals surface area contributed by atoms with Crippen LogP contribution in [0.1, 0.15) is 45.4 Å². The predicted molar refractivity (Wildman–Crippen MR) is 73.2 cm³/mol. The molecule has 0 radical (unpaired) electrons. The summed E-state index contributed by atoms with van der Waals surface area (Å²) in [5, 5.41) is 0. The van der Waals surface area contributed by atoms with E-state index in [1.807, 2.05) is 0 Å². The third kappa shape index (κ3) is 6.16. The van der Waals surface area contributed by atoms with E-state index < -0.39 is 0 Å². The van der Waals surface area contributed by atoms with Crippen LogP contribution in [0.4, 0.5) is 0 Å². The van der Waals surface area contributed by atoms with Crippen LogP contribution in [0.5, 0.6) is 0 Å². The van der Waals surface area contributed by atoms with Gasteiger partial charge in [-0.05, 0) is 6.04 Å². The van der Waals surface area contributed by atoms with E-state index in [-0.39, 0.29) is 17.6 Å². The van der Waals surface area contributed by atoms with Gasteiger partial charge in [-0.25, -0.2) is 0 Å². The van der Waals surface area contributed by atoms with Gasteiger partial charge in [-0.1, -0.05) is 51.5 Å². The molecular weight excluding hydrogens is 220 g/mol. The Bertz CT molecular complexity index is 127. The van der Waals surface area contributed by atoms with E-state index in [1.54, 1.807) is 18.5 Å². The van der Waals surface area contributed by atoms with E-state index in [0.29, 0.717) is 8.55 Å². The minimum absolute atomic E-state index is 0.109. The molecule has 0 aromatic heterocycles. The standard InChI is InChI=1S/C10H26OSi3/c1-2-3-4-5-6-7-9-14-10-8-11-12-13-14/h14H,2-10,12-13H2,1H3. The Morgan fingerprint density at radius 2 is 1.93 bits per heavy atom. The smallest absolute Gasteiger partial charge is 0.140 e. The van der Waals surface area contributed by atoms with Crippen molar-refractivity contribution >= 4 is 26.1 Å². The molecule has 1 saturated heterocycles. The molecular formula is C10H26OSi3. The summed E-state index contributed by atoms with van der Waals surface area (Å²) in [6.45, 7) is 3.47. The van der Waals surface area contributed by atoms with Gasteiger partial charge < -0.3 is 4.43 Å². The molecule has 1 aliphatic heterocycles. The Hall–Kier alpha value is 0.611. The second kappa shape index (κ2) is 8.88. The molecule has 4 heteroatoms. The average molecular weight is 247 g/mol. The molecule has 0 spiro atoms. The molecule has 1 heterocycles. The highest BCUT2D eigenvalue weighted by atomic mass is 29.5. The van der Waals surface area contributed by atoms with Gasteiger partial charge in [0.15, 0.2) is 0 Å². The number of hydrogen-bond donors (Lipinski definition) is 0. The van der Waals surface area contributed by atoms with Crippen molar-refractivity contribution in [2.45, 2.75) is 57.5 Å². The van der Waals surface area contributed by atoms with Crippen molar-refractivity contribution in [2.24, 2.45) is 0 Å².